The highest BCUT2D eigenvalue weighted by Crippen LogP contribution is 2.26. The van der Waals surface area contributed by atoms with Crippen molar-refractivity contribution in [2.45, 2.75) is 19.9 Å². The third-order valence-electron chi connectivity index (χ3n) is 2.47. The second kappa shape index (κ2) is 4.37. The summed E-state index contributed by atoms with van der Waals surface area (Å²) in [7, 11) is 0. The zero-order chi connectivity index (χ0) is 11.5. The number of aromatic nitrogens is 1. The first-order valence-electron chi connectivity index (χ1n) is 5.29. The summed E-state index contributed by atoms with van der Waals surface area (Å²) >= 11 is 0. The van der Waals surface area contributed by atoms with Crippen LogP contribution in [0.25, 0.3) is 11.3 Å². The van der Waals surface area contributed by atoms with Crippen LogP contribution in [0.15, 0.2) is 28.7 Å². The van der Waals surface area contributed by atoms with E-state index >= 15 is 0 Å². The topological polar surface area (TPSA) is 78.1 Å². The molecule has 4 nitrogen and oxygen atoms in total. The number of benzene rings is 1. The third kappa shape index (κ3) is 1.92. The lowest BCUT2D eigenvalue weighted by Gasteiger charge is -2.01. The zero-order valence-electron chi connectivity index (χ0n) is 9.23. The van der Waals surface area contributed by atoms with E-state index in [1.54, 1.807) is 0 Å². The molecule has 0 amide bonds. The predicted molar refractivity (Wildman–Crippen MR) is 63.6 cm³/mol. The summed E-state index contributed by atoms with van der Waals surface area (Å²) in [5.41, 5.74) is 14.1. The molecule has 0 bridgehead atoms. The maximum atomic E-state index is 5.60. The highest BCUT2D eigenvalue weighted by Gasteiger charge is 2.11. The van der Waals surface area contributed by atoms with Crippen molar-refractivity contribution in [1.82, 2.24) is 4.98 Å². The standard InChI is InChI=1S/C12H15N3O/c1-2-10-11(15-12(14)16-10)9-5-3-4-8(6-9)7-13/h3-6H,2,7,13H2,1H3,(H2,14,15). The maximum absolute atomic E-state index is 5.60. The van der Waals surface area contributed by atoms with E-state index in [0.29, 0.717) is 6.54 Å². The van der Waals surface area contributed by atoms with Crippen molar-refractivity contribution in [2.75, 3.05) is 5.73 Å². The molecule has 0 fully saturated rings. The van der Waals surface area contributed by atoms with Gasteiger partial charge in [0.2, 0.25) is 0 Å². The number of hydrogen-bond acceptors (Lipinski definition) is 4. The molecule has 16 heavy (non-hydrogen) atoms. The van der Waals surface area contributed by atoms with Gasteiger partial charge in [0.1, 0.15) is 11.5 Å². The fourth-order valence-corrected chi connectivity index (χ4v) is 1.68. The largest absolute Gasteiger partial charge is 0.428 e. The van der Waals surface area contributed by atoms with E-state index in [1.165, 1.54) is 0 Å². The molecule has 2 rings (SSSR count). The fourth-order valence-electron chi connectivity index (χ4n) is 1.68. The smallest absolute Gasteiger partial charge is 0.292 e. The molecule has 0 saturated carbocycles. The predicted octanol–water partition coefficient (Wildman–Crippen LogP) is 1.94. The van der Waals surface area contributed by atoms with Crippen LogP contribution in [0.5, 0.6) is 0 Å². The second-order valence-electron chi connectivity index (χ2n) is 3.58. The Morgan fingerprint density at radius 1 is 1.38 bits per heavy atom. The van der Waals surface area contributed by atoms with Gasteiger partial charge in [-0.05, 0) is 11.6 Å². The first-order chi connectivity index (χ1) is 7.74. The number of anilines is 1. The van der Waals surface area contributed by atoms with Crippen LogP contribution in [0.2, 0.25) is 0 Å². The molecule has 0 atom stereocenters. The minimum absolute atomic E-state index is 0.213. The minimum atomic E-state index is 0.213. The number of oxazole rings is 1. The molecule has 0 unspecified atom stereocenters. The van der Waals surface area contributed by atoms with Gasteiger partial charge < -0.3 is 15.9 Å². The summed E-state index contributed by atoms with van der Waals surface area (Å²) in [6, 6.07) is 8.15. The third-order valence-corrected chi connectivity index (χ3v) is 2.47. The highest BCUT2D eigenvalue weighted by molar-refractivity contribution is 5.63. The lowest BCUT2D eigenvalue weighted by Crippen LogP contribution is -1.96. The summed E-state index contributed by atoms with van der Waals surface area (Å²) in [4.78, 5) is 4.20. The van der Waals surface area contributed by atoms with Crippen molar-refractivity contribution in [3.05, 3.63) is 35.6 Å². The normalized spacial score (nSPS) is 10.6. The number of aryl methyl sites for hydroxylation is 1. The van der Waals surface area contributed by atoms with Crippen molar-refractivity contribution in [2.24, 2.45) is 5.73 Å². The van der Waals surface area contributed by atoms with E-state index in [1.807, 2.05) is 31.2 Å². The maximum Gasteiger partial charge on any atom is 0.292 e. The van der Waals surface area contributed by atoms with Crippen molar-refractivity contribution in [3.63, 3.8) is 0 Å². The van der Waals surface area contributed by atoms with Gasteiger partial charge in [-0.15, -0.1) is 0 Å². The van der Waals surface area contributed by atoms with Gasteiger partial charge in [-0.25, -0.2) is 0 Å². The van der Waals surface area contributed by atoms with Crippen LogP contribution in [0.4, 0.5) is 6.01 Å². The molecule has 0 saturated heterocycles. The van der Waals surface area contributed by atoms with Crippen LogP contribution in [-0.4, -0.2) is 4.98 Å². The molecule has 0 aliphatic heterocycles. The first kappa shape index (κ1) is 10.7. The van der Waals surface area contributed by atoms with Gasteiger partial charge >= 0.3 is 0 Å². The number of hydrogen-bond donors (Lipinski definition) is 2. The van der Waals surface area contributed by atoms with Crippen LogP contribution in [-0.2, 0) is 13.0 Å². The number of nitrogens with zero attached hydrogens (tertiary/aromatic N) is 1. The van der Waals surface area contributed by atoms with Gasteiger partial charge in [0, 0.05) is 18.5 Å². The van der Waals surface area contributed by atoms with Crippen LogP contribution < -0.4 is 11.5 Å². The quantitative estimate of drug-likeness (QED) is 0.823. The van der Waals surface area contributed by atoms with E-state index in [4.69, 9.17) is 15.9 Å². The summed E-state index contributed by atoms with van der Waals surface area (Å²) in [6.07, 6.45) is 0.770. The van der Waals surface area contributed by atoms with E-state index < -0.39 is 0 Å². The van der Waals surface area contributed by atoms with E-state index in [0.717, 1.165) is 29.0 Å². The molecule has 1 aromatic heterocycles. The van der Waals surface area contributed by atoms with Gasteiger partial charge in [0.25, 0.3) is 6.01 Å². The van der Waals surface area contributed by atoms with Gasteiger partial charge in [-0.3, -0.25) is 0 Å². The van der Waals surface area contributed by atoms with E-state index in [2.05, 4.69) is 4.98 Å². The molecule has 84 valence electrons. The first-order valence-corrected chi connectivity index (χ1v) is 5.29. The Morgan fingerprint density at radius 2 is 2.19 bits per heavy atom. The number of rotatable bonds is 3. The molecule has 0 aliphatic rings. The van der Waals surface area contributed by atoms with Crippen LogP contribution >= 0.6 is 0 Å². The molecule has 0 aliphatic carbocycles. The van der Waals surface area contributed by atoms with E-state index in [9.17, 15) is 0 Å². The lowest BCUT2D eigenvalue weighted by molar-refractivity contribution is 0.530. The summed E-state index contributed by atoms with van der Waals surface area (Å²) in [5.74, 6) is 0.812. The Kier molecular flexibility index (Phi) is 2.92. The van der Waals surface area contributed by atoms with Crippen LogP contribution in [0.3, 0.4) is 0 Å². The molecule has 4 heteroatoms. The Hall–Kier alpha value is -1.81. The number of nitrogen functional groups attached to an aromatic ring is 1. The summed E-state index contributed by atoms with van der Waals surface area (Å²) in [5, 5.41) is 0. The molecule has 4 N–H and O–H groups in total. The molecule has 1 heterocycles. The average molecular weight is 217 g/mol. The Morgan fingerprint density at radius 3 is 2.88 bits per heavy atom. The molecule has 0 radical (unpaired) electrons. The van der Waals surface area contributed by atoms with Crippen molar-refractivity contribution in [3.8, 4) is 11.3 Å². The zero-order valence-corrected chi connectivity index (χ0v) is 9.23. The van der Waals surface area contributed by atoms with Gasteiger partial charge in [0.05, 0.1) is 0 Å². The Balaban J connectivity index is 2.48. The van der Waals surface area contributed by atoms with Gasteiger partial charge in [-0.1, -0.05) is 25.1 Å². The summed E-state index contributed by atoms with van der Waals surface area (Å²) in [6.45, 7) is 2.53. The average Bonchev–Trinajstić information content (AvgIpc) is 2.70. The lowest BCUT2D eigenvalue weighted by atomic mass is 10.1. The fraction of sp³-hybridized carbons (Fsp3) is 0.250. The van der Waals surface area contributed by atoms with E-state index in [-0.39, 0.29) is 6.01 Å². The molecular weight excluding hydrogens is 202 g/mol. The molecular formula is C12H15N3O. The van der Waals surface area contributed by atoms with Gasteiger partial charge in [0.15, 0.2) is 0 Å². The van der Waals surface area contributed by atoms with Crippen LogP contribution in [0, 0.1) is 0 Å². The second-order valence-corrected chi connectivity index (χ2v) is 3.58. The minimum Gasteiger partial charge on any atom is -0.428 e. The molecule has 1 aromatic carbocycles. The highest BCUT2D eigenvalue weighted by atomic mass is 16.4. The Labute approximate surface area is 94.3 Å². The van der Waals surface area contributed by atoms with Crippen LogP contribution in [0.1, 0.15) is 18.2 Å². The monoisotopic (exact) mass is 217 g/mol. The molecule has 0 spiro atoms. The SMILES string of the molecule is CCc1oc(N)nc1-c1cccc(CN)c1. The van der Waals surface area contributed by atoms with Crippen molar-refractivity contribution >= 4 is 6.01 Å². The number of nitrogens with two attached hydrogens (primary N) is 2. The van der Waals surface area contributed by atoms with Gasteiger partial charge in [-0.2, -0.15) is 4.98 Å². The summed E-state index contributed by atoms with van der Waals surface area (Å²) < 4.78 is 5.33. The van der Waals surface area contributed by atoms with Crippen molar-refractivity contribution < 1.29 is 4.42 Å². The van der Waals surface area contributed by atoms with Crippen molar-refractivity contribution in [1.29, 1.82) is 0 Å². The molecule has 2 aromatic rings. The Bertz CT molecular complexity index is 491.